The van der Waals surface area contributed by atoms with Crippen LogP contribution in [0, 0.1) is 0 Å². The number of sulfonamides is 1. The molecule has 0 bridgehead atoms. The molecule has 0 saturated heterocycles. The molecule has 1 aliphatic rings. The minimum Gasteiger partial charge on any atom is -0.457 e. The van der Waals surface area contributed by atoms with Gasteiger partial charge in [-0.15, -0.1) is 0 Å². The van der Waals surface area contributed by atoms with E-state index in [2.05, 4.69) is 6.58 Å². The molecule has 138 valence electrons. The highest BCUT2D eigenvalue weighted by molar-refractivity contribution is 7.91. The number of alkyl halides is 3. The maximum absolute atomic E-state index is 12.6. The molecule has 0 unspecified atom stereocenters. The number of ether oxygens (including phenoxy) is 1. The fourth-order valence-electron chi connectivity index (χ4n) is 2.74. The summed E-state index contributed by atoms with van der Waals surface area (Å²) in [5.41, 5.74) is 1.06. The van der Waals surface area contributed by atoms with Crippen LogP contribution >= 0.6 is 0 Å². The van der Waals surface area contributed by atoms with Crippen LogP contribution in [0.5, 0.6) is 11.5 Å². The first-order valence-corrected chi connectivity index (χ1v) is 9.29. The van der Waals surface area contributed by atoms with Gasteiger partial charge in [0.05, 0.1) is 5.56 Å². The highest BCUT2D eigenvalue weighted by Crippen LogP contribution is 2.32. The quantitative estimate of drug-likeness (QED) is 0.790. The lowest BCUT2D eigenvalue weighted by Gasteiger charge is -2.27. The molecule has 2 aromatic rings. The second-order valence-electron chi connectivity index (χ2n) is 5.85. The van der Waals surface area contributed by atoms with Gasteiger partial charge in [-0.1, -0.05) is 12.6 Å². The van der Waals surface area contributed by atoms with Gasteiger partial charge < -0.3 is 4.74 Å². The summed E-state index contributed by atoms with van der Waals surface area (Å²) >= 11 is 0. The van der Waals surface area contributed by atoms with Crippen molar-refractivity contribution in [2.45, 2.75) is 19.1 Å². The van der Waals surface area contributed by atoms with Gasteiger partial charge in [0.25, 0.3) is 0 Å². The van der Waals surface area contributed by atoms with Gasteiger partial charge in [-0.2, -0.15) is 17.5 Å². The Morgan fingerprint density at radius 3 is 2.31 bits per heavy atom. The molecule has 0 aromatic heterocycles. The molecule has 0 N–H and O–H groups in total. The molecule has 0 fully saturated rings. The van der Waals surface area contributed by atoms with Crippen LogP contribution in [0.2, 0.25) is 0 Å². The SMILES string of the molecule is C=CS(=O)(=O)N1CCc2ccc(Oc3ccc(C(F)(F)F)cc3)cc2C1. The van der Waals surface area contributed by atoms with Gasteiger partial charge in [0.1, 0.15) is 11.5 Å². The monoisotopic (exact) mass is 383 g/mol. The van der Waals surface area contributed by atoms with E-state index in [0.717, 1.165) is 28.7 Å². The van der Waals surface area contributed by atoms with Crippen LogP contribution < -0.4 is 4.74 Å². The summed E-state index contributed by atoms with van der Waals surface area (Å²) in [7, 11) is -3.50. The third-order valence-corrected chi connectivity index (χ3v) is 5.60. The Kier molecular flexibility index (Phi) is 4.81. The van der Waals surface area contributed by atoms with Crippen LogP contribution in [0.1, 0.15) is 16.7 Å². The van der Waals surface area contributed by atoms with E-state index in [1.807, 2.05) is 6.07 Å². The van der Waals surface area contributed by atoms with Gasteiger partial charge in [-0.3, -0.25) is 0 Å². The van der Waals surface area contributed by atoms with Crippen molar-refractivity contribution < 1.29 is 26.3 Å². The van der Waals surface area contributed by atoms with Crippen LogP contribution in [-0.2, 0) is 29.2 Å². The summed E-state index contributed by atoms with van der Waals surface area (Å²) in [6.45, 7) is 3.90. The molecule has 4 nitrogen and oxygen atoms in total. The van der Waals surface area contributed by atoms with E-state index in [-0.39, 0.29) is 12.3 Å². The number of halogens is 3. The van der Waals surface area contributed by atoms with Crippen molar-refractivity contribution in [2.24, 2.45) is 0 Å². The Labute approximate surface area is 149 Å². The normalized spacial score (nSPS) is 15.3. The lowest BCUT2D eigenvalue weighted by atomic mass is 10.0. The number of benzene rings is 2. The number of fused-ring (bicyclic) bond motifs is 1. The van der Waals surface area contributed by atoms with Crippen molar-refractivity contribution in [1.29, 1.82) is 0 Å². The first kappa shape index (κ1) is 18.5. The molecule has 1 heterocycles. The van der Waals surface area contributed by atoms with Crippen LogP contribution in [0.25, 0.3) is 0 Å². The number of hydrogen-bond acceptors (Lipinski definition) is 3. The van der Waals surface area contributed by atoms with Gasteiger partial charge in [-0.25, -0.2) is 8.42 Å². The topological polar surface area (TPSA) is 46.6 Å². The van der Waals surface area contributed by atoms with Crippen LogP contribution in [0.4, 0.5) is 13.2 Å². The molecule has 0 saturated carbocycles. The molecule has 0 atom stereocenters. The van der Waals surface area contributed by atoms with Gasteiger partial charge >= 0.3 is 6.18 Å². The van der Waals surface area contributed by atoms with E-state index in [0.29, 0.717) is 18.7 Å². The highest BCUT2D eigenvalue weighted by atomic mass is 32.2. The van der Waals surface area contributed by atoms with E-state index in [1.54, 1.807) is 12.1 Å². The van der Waals surface area contributed by atoms with Gasteiger partial charge in [0.2, 0.25) is 10.0 Å². The van der Waals surface area contributed by atoms with Gasteiger partial charge in [0.15, 0.2) is 0 Å². The van der Waals surface area contributed by atoms with Crippen molar-refractivity contribution in [3.63, 3.8) is 0 Å². The van der Waals surface area contributed by atoms with Crippen LogP contribution in [-0.4, -0.2) is 19.3 Å². The van der Waals surface area contributed by atoms with Gasteiger partial charge in [0, 0.05) is 18.5 Å². The Hall–Kier alpha value is -2.32. The fraction of sp³-hybridized carbons (Fsp3) is 0.222. The zero-order valence-electron chi connectivity index (χ0n) is 13.7. The second-order valence-corrected chi connectivity index (χ2v) is 7.73. The second kappa shape index (κ2) is 6.77. The first-order valence-electron chi connectivity index (χ1n) is 7.78. The van der Waals surface area contributed by atoms with E-state index in [1.165, 1.54) is 16.4 Å². The van der Waals surface area contributed by atoms with Crippen molar-refractivity contribution in [2.75, 3.05) is 6.54 Å². The van der Waals surface area contributed by atoms with Crippen molar-refractivity contribution in [3.8, 4) is 11.5 Å². The van der Waals surface area contributed by atoms with Crippen molar-refractivity contribution >= 4 is 10.0 Å². The Morgan fingerprint density at radius 1 is 1.04 bits per heavy atom. The van der Waals surface area contributed by atoms with E-state index in [4.69, 9.17) is 4.74 Å². The van der Waals surface area contributed by atoms with E-state index < -0.39 is 21.8 Å². The molecule has 0 aliphatic carbocycles. The standard InChI is InChI=1S/C18H16F3NO3S/c1-2-26(23,24)22-10-9-13-3-6-17(11-14(13)12-22)25-16-7-4-15(5-8-16)18(19,20)21/h2-8,11H,1,9-10,12H2. The summed E-state index contributed by atoms with van der Waals surface area (Å²) in [6, 6.07) is 9.66. The molecule has 3 rings (SSSR count). The molecule has 8 heteroatoms. The van der Waals surface area contributed by atoms with Crippen molar-refractivity contribution in [3.05, 3.63) is 71.1 Å². The molecule has 0 amide bonds. The zero-order chi connectivity index (χ0) is 18.9. The first-order chi connectivity index (χ1) is 12.2. The number of nitrogens with zero attached hydrogens (tertiary/aromatic N) is 1. The summed E-state index contributed by atoms with van der Waals surface area (Å²) < 4.78 is 68.6. The maximum Gasteiger partial charge on any atom is 0.416 e. The molecular formula is C18H16F3NO3S. The number of rotatable bonds is 4. The van der Waals surface area contributed by atoms with Crippen LogP contribution in [0.15, 0.2) is 54.5 Å². The average molecular weight is 383 g/mol. The summed E-state index contributed by atoms with van der Waals surface area (Å²) in [4.78, 5) is 0. The highest BCUT2D eigenvalue weighted by Gasteiger charge is 2.30. The largest absolute Gasteiger partial charge is 0.457 e. The Balaban J connectivity index is 1.79. The predicted octanol–water partition coefficient (Wildman–Crippen LogP) is 4.33. The van der Waals surface area contributed by atoms with Gasteiger partial charge in [-0.05, 0) is 53.9 Å². The Bertz CT molecular complexity index is 922. The molecule has 0 spiro atoms. The molecule has 0 radical (unpaired) electrons. The van der Waals surface area contributed by atoms with Crippen LogP contribution in [0.3, 0.4) is 0 Å². The summed E-state index contributed by atoms with van der Waals surface area (Å²) in [5.74, 6) is 0.700. The Morgan fingerprint density at radius 2 is 1.69 bits per heavy atom. The average Bonchev–Trinajstić information content (AvgIpc) is 2.61. The lowest BCUT2D eigenvalue weighted by molar-refractivity contribution is -0.137. The molecule has 26 heavy (non-hydrogen) atoms. The summed E-state index contributed by atoms with van der Waals surface area (Å²) in [5, 5.41) is 0.917. The molecule has 1 aliphatic heterocycles. The minimum atomic E-state index is -4.40. The third-order valence-electron chi connectivity index (χ3n) is 4.14. The fourth-order valence-corrected chi connectivity index (χ4v) is 3.62. The molecule has 2 aromatic carbocycles. The smallest absolute Gasteiger partial charge is 0.416 e. The zero-order valence-corrected chi connectivity index (χ0v) is 14.5. The summed E-state index contributed by atoms with van der Waals surface area (Å²) in [6.07, 6.45) is -3.83. The predicted molar refractivity (Wildman–Crippen MR) is 91.2 cm³/mol. The molecular weight excluding hydrogens is 367 g/mol. The third kappa shape index (κ3) is 3.91. The number of hydrogen-bond donors (Lipinski definition) is 0. The lowest BCUT2D eigenvalue weighted by Crippen LogP contribution is -2.34. The van der Waals surface area contributed by atoms with Crippen molar-refractivity contribution in [1.82, 2.24) is 4.31 Å². The van der Waals surface area contributed by atoms with E-state index in [9.17, 15) is 21.6 Å². The maximum atomic E-state index is 12.6. The minimum absolute atomic E-state index is 0.202. The van der Waals surface area contributed by atoms with E-state index >= 15 is 0 Å².